The SMILES string of the molecule is CCCCCCCCN(Cc1cc(C(C)(C)CCCCC)cc(Sc2cc(C(C)(C)CCCCC)cc(CN(CCCCCCCC)C3CC(C)(C)NC(C)(C)C3)c2O)c1O)C1CC(C)(C)NC(C)(C)C1. The molecule has 2 aromatic rings. The molecule has 0 spiro atoms. The fourth-order valence-electron chi connectivity index (χ4n) is 13.0. The van der Waals surface area contributed by atoms with Crippen molar-refractivity contribution >= 4 is 11.8 Å². The average molecular weight is 1000 g/mol. The number of rotatable bonds is 32. The Balaban J connectivity index is 1.87. The van der Waals surface area contributed by atoms with Gasteiger partial charge in [-0.1, -0.05) is 182 Å². The van der Waals surface area contributed by atoms with Crippen LogP contribution in [-0.4, -0.2) is 67.3 Å². The summed E-state index contributed by atoms with van der Waals surface area (Å²) < 4.78 is 0. The monoisotopic (exact) mass is 1000 g/mol. The number of unbranched alkanes of at least 4 members (excludes halogenated alkanes) is 14. The van der Waals surface area contributed by atoms with Crippen molar-refractivity contribution in [2.24, 2.45) is 0 Å². The maximum Gasteiger partial charge on any atom is 0.134 e. The van der Waals surface area contributed by atoms with Gasteiger partial charge in [-0.3, -0.25) is 9.80 Å². The van der Waals surface area contributed by atoms with Crippen molar-refractivity contribution in [2.45, 2.75) is 333 Å². The molecule has 4 rings (SSSR count). The largest absolute Gasteiger partial charge is 0.506 e. The predicted molar refractivity (Wildman–Crippen MR) is 311 cm³/mol. The van der Waals surface area contributed by atoms with Crippen LogP contribution < -0.4 is 10.6 Å². The molecule has 7 heteroatoms. The van der Waals surface area contributed by atoms with Crippen LogP contribution in [0, 0.1) is 0 Å². The van der Waals surface area contributed by atoms with Crippen LogP contribution in [-0.2, 0) is 23.9 Å². The van der Waals surface area contributed by atoms with Crippen LogP contribution in [0.2, 0.25) is 0 Å². The van der Waals surface area contributed by atoms with E-state index in [0.717, 1.165) is 85.6 Å². The maximum absolute atomic E-state index is 12.8. The number of phenols is 2. The third-order valence-electron chi connectivity index (χ3n) is 16.6. The number of piperidine rings is 2. The summed E-state index contributed by atoms with van der Waals surface area (Å²) >= 11 is 1.61. The van der Waals surface area contributed by atoms with Crippen LogP contribution in [0.25, 0.3) is 0 Å². The van der Waals surface area contributed by atoms with E-state index >= 15 is 0 Å². The summed E-state index contributed by atoms with van der Waals surface area (Å²) in [6, 6.07) is 10.2. The molecule has 0 aromatic heterocycles. The second kappa shape index (κ2) is 27.8. The molecule has 2 fully saturated rings. The molecular weight excluding hydrogens is 889 g/mol. The van der Waals surface area contributed by atoms with Crippen molar-refractivity contribution in [3.05, 3.63) is 46.5 Å². The van der Waals surface area contributed by atoms with Gasteiger partial charge in [0.2, 0.25) is 0 Å². The lowest BCUT2D eigenvalue weighted by molar-refractivity contribution is 0.0593. The van der Waals surface area contributed by atoms with E-state index in [0.29, 0.717) is 23.6 Å². The fourth-order valence-corrected chi connectivity index (χ4v) is 14.1. The minimum atomic E-state index is -0.0699. The van der Waals surface area contributed by atoms with E-state index in [2.05, 4.69) is 155 Å². The Morgan fingerprint density at radius 2 is 0.761 bits per heavy atom. The van der Waals surface area contributed by atoms with E-state index in [1.807, 2.05) is 0 Å². The summed E-state index contributed by atoms with van der Waals surface area (Å²) in [5.41, 5.74) is 4.60. The molecule has 0 saturated carbocycles. The van der Waals surface area contributed by atoms with E-state index in [9.17, 15) is 10.2 Å². The molecule has 71 heavy (non-hydrogen) atoms. The number of benzene rings is 2. The third kappa shape index (κ3) is 20.0. The standard InChI is InChI=1S/C64H114N4O2S/c1-17-21-25-27-29-33-37-67(53-43-61(9,10)65-62(11,12)44-53)47-49-39-51(59(5,6)35-31-23-19-3)41-55(57(49)69)71-56-42-52(60(7,8)36-32-24-20-4)40-50(58(56)70)48-68(38-34-30-28-26-22-18-2)54-45-63(13,14)66-64(15,16)46-54/h39-42,53-54,65-66,69-70H,17-38,43-48H2,1-16H3. The highest BCUT2D eigenvalue weighted by molar-refractivity contribution is 7.99. The molecule has 408 valence electrons. The second-order valence-electron chi connectivity index (χ2n) is 27.1. The molecule has 0 unspecified atom stereocenters. The van der Waals surface area contributed by atoms with Gasteiger partial charge in [0.1, 0.15) is 11.5 Å². The molecular formula is C64H114N4O2S. The zero-order valence-electron chi connectivity index (χ0n) is 49.5. The summed E-state index contributed by atoms with van der Waals surface area (Å²) in [6.07, 6.45) is 29.0. The highest BCUT2D eigenvalue weighted by atomic mass is 32.2. The van der Waals surface area contributed by atoms with Crippen LogP contribution in [0.5, 0.6) is 11.5 Å². The molecule has 2 aliphatic rings. The Kier molecular flexibility index (Phi) is 24.2. The van der Waals surface area contributed by atoms with Gasteiger partial charge in [0.05, 0.1) is 9.79 Å². The lowest BCUT2D eigenvalue weighted by Crippen LogP contribution is -2.62. The smallest absolute Gasteiger partial charge is 0.134 e. The van der Waals surface area contributed by atoms with Gasteiger partial charge in [-0.2, -0.15) is 0 Å². The van der Waals surface area contributed by atoms with Gasteiger partial charge >= 0.3 is 0 Å². The van der Waals surface area contributed by atoms with Crippen LogP contribution in [0.15, 0.2) is 34.1 Å². The number of aromatic hydroxyl groups is 2. The molecule has 0 bridgehead atoms. The normalized spacial score (nSPS) is 18.5. The van der Waals surface area contributed by atoms with E-state index in [-0.39, 0.29) is 33.0 Å². The van der Waals surface area contributed by atoms with Crippen LogP contribution in [0.3, 0.4) is 0 Å². The van der Waals surface area contributed by atoms with Crippen LogP contribution >= 0.6 is 11.8 Å². The van der Waals surface area contributed by atoms with E-state index < -0.39 is 0 Å². The minimum absolute atomic E-state index is 0.0209. The number of nitrogens with one attached hydrogen (secondary N) is 2. The third-order valence-corrected chi connectivity index (χ3v) is 17.7. The molecule has 0 radical (unpaired) electrons. The van der Waals surface area contributed by atoms with Gasteiger partial charge in [-0.15, -0.1) is 0 Å². The fraction of sp³-hybridized carbons (Fsp3) is 0.812. The molecule has 2 saturated heterocycles. The average Bonchev–Trinajstić information content (AvgIpc) is 3.25. The number of nitrogens with zero attached hydrogens (tertiary/aromatic N) is 2. The van der Waals surface area contributed by atoms with Crippen LogP contribution in [0.1, 0.15) is 287 Å². The molecule has 6 nitrogen and oxygen atoms in total. The van der Waals surface area contributed by atoms with E-state index in [1.165, 1.54) is 127 Å². The van der Waals surface area contributed by atoms with E-state index in [4.69, 9.17) is 0 Å². The summed E-state index contributed by atoms with van der Waals surface area (Å²) in [5, 5.41) is 33.6. The summed E-state index contributed by atoms with van der Waals surface area (Å²) in [5.74, 6) is 0.780. The number of hydrogen-bond acceptors (Lipinski definition) is 7. The quantitative estimate of drug-likeness (QED) is 0.0545. The molecule has 2 aliphatic heterocycles. The second-order valence-corrected chi connectivity index (χ2v) is 28.2. The first-order valence-electron chi connectivity index (χ1n) is 29.7. The lowest BCUT2D eigenvalue weighted by Gasteiger charge is -2.50. The van der Waals surface area contributed by atoms with E-state index in [1.54, 1.807) is 11.8 Å². The van der Waals surface area contributed by atoms with Crippen molar-refractivity contribution in [3.63, 3.8) is 0 Å². The predicted octanol–water partition coefficient (Wildman–Crippen LogP) is 17.9. The van der Waals surface area contributed by atoms with Gasteiger partial charge in [-0.25, -0.2) is 0 Å². The molecule has 0 atom stereocenters. The Morgan fingerprint density at radius 1 is 0.465 bits per heavy atom. The highest BCUT2D eigenvalue weighted by Gasteiger charge is 2.42. The molecule has 0 amide bonds. The molecule has 2 heterocycles. The maximum atomic E-state index is 12.8. The van der Waals surface area contributed by atoms with Gasteiger partial charge in [0.25, 0.3) is 0 Å². The molecule has 0 aliphatic carbocycles. The Labute approximate surface area is 444 Å². The van der Waals surface area contributed by atoms with Crippen molar-refractivity contribution in [3.8, 4) is 11.5 Å². The van der Waals surface area contributed by atoms with Gasteiger partial charge in [-0.05, 0) is 154 Å². The van der Waals surface area contributed by atoms with Crippen molar-refractivity contribution < 1.29 is 10.2 Å². The first-order chi connectivity index (χ1) is 33.3. The summed E-state index contributed by atoms with van der Waals surface area (Å²) in [4.78, 5) is 7.25. The Bertz CT molecular complexity index is 1720. The zero-order valence-corrected chi connectivity index (χ0v) is 50.3. The van der Waals surface area contributed by atoms with Gasteiger partial charge in [0, 0.05) is 58.5 Å². The highest BCUT2D eigenvalue weighted by Crippen LogP contribution is 2.48. The number of phenolic OH excluding ortho intramolecular Hbond substituents is 2. The van der Waals surface area contributed by atoms with Crippen molar-refractivity contribution in [1.82, 2.24) is 20.4 Å². The minimum Gasteiger partial charge on any atom is -0.506 e. The first kappa shape index (κ1) is 61.8. The van der Waals surface area contributed by atoms with Crippen LogP contribution in [0.4, 0.5) is 0 Å². The zero-order chi connectivity index (χ0) is 52.7. The number of hydrogen-bond donors (Lipinski definition) is 4. The molecule has 2 aromatic carbocycles. The Morgan fingerprint density at radius 3 is 1.08 bits per heavy atom. The van der Waals surface area contributed by atoms with Gasteiger partial charge in [0.15, 0.2) is 0 Å². The lowest BCUT2D eigenvalue weighted by atomic mass is 9.78. The van der Waals surface area contributed by atoms with Gasteiger partial charge < -0.3 is 20.8 Å². The topological polar surface area (TPSA) is 71.0 Å². The first-order valence-corrected chi connectivity index (χ1v) is 30.6. The van der Waals surface area contributed by atoms with Crippen molar-refractivity contribution in [2.75, 3.05) is 13.1 Å². The van der Waals surface area contributed by atoms with Crippen molar-refractivity contribution in [1.29, 1.82) is 0 Å². The Hall–Kier alpha value is -1.77. The summed E-state index contributed by atoms with van der Waals surface area (Å²) in [7, 11) is 0. The summed E-state index contributed by atoms with van der Waals surface area (Å²) in [6.45, 7) is 41.3. The molecule has 4 N–H and O–H groups in total.